The average molecular weight is 356 g/mol. The van der Waals surface area contributed by atoms with E-state index in [1.54, 1.807) is 6.26 Å². The number of nitrogens with two attached hydrogens (primary N) is 2. The molecular formula is C15H19Cl2N5O. The SMILES string of the molecule is Cc1ccnc2c1/C(=N/N=C(N)N)CC(c1ccco1)C2.Cl.Cl. The number of hydrogen-bond acceptors (Lipinski definition) is 4. The summed E-state index contributed by atoms with van der Waals surface area (Å²) in [5, 5.41) is 8.02. The van der Waals surface area contributed by atoms with Gasteiger partial charge in [0.05, 0.1) is 17.7 Å². The second kappa shape index (κ2) is 7.99. The first-order valence-corrected chi connectivity index (χ1v) is 6.79. The smallest absolute Gasteiger partial charge is 0.211 e. The summed E-state index contributed by atoms with van der Waals surface area (Å²) >= 11 is 0. The van der Waals surface area contributed by atoms with E-state index in [-0.39, 0.29) is 36.7 Å². The second-order valence-corrected chi connectivity index (χ2v) is 5.14. The largest absolute Gasteiger partial charge is 0.469 e. The third kappa shape index (κ3) is 4.03. The minimum Gasteiger partial charge on any atom is -0.469 e. The monoisotopic (exact) mass is 355 g/mol. The van der Waals surface area contributed by atoms with Crippen LogP contribution in [0.15, 0.2) is 45.3 Å². The van der Waals surface area contributed by atoms with Gasteiger partial charge in [0.2, 0.25) is 5.96 Å². The van der Waals surface area contributed by atoms with E-state index in [2.05, 4.69) is 15.2 Å². The summed E-state index contributed by atoms with van der Waals surface area (Å²) in [5.41, 5.74) is 14.8. The Morgan fingerprint density at radius 2 is 2.04 bits per heavy atom. The fourth-order valence-electron chi connectivity index (χ4n) is 2.74. The molecule has 2 aromatic heterocycles. The topological polar surface area (TPSA) is 103 Å². The van der Waals surface area contributed by atoms with Crippen LogP contribution in [-0.2, 0) is 6.42 Å². The molecule has 0 bridgehead atoms. The van der Waals surface area contributed by atoms with Crippen LogP contribution in [0.4, 0.5) is 0 Å². The molecule has 0 fully saturated rings. The van der Waals surface area contributed by atoms with Crippen molar-refractivity contribution in [2.75, 3.05) is 0 Å². The number of furan rings is 1. The van der Waals surface area contributed by atoms with E-state index in [0.717, 1.165) is 41.1 Å². The van der Waals surface area contributed by atoms with Crippen molar-refractivity contribution in [2.24, 2.45) is 21.7 Å². The van der Waals surface area contributed by atoms with E-state index in [1.165, 1.54) is 0 Å². The van der Waals surface area contributed by atoms with Gasteiger partial charge in [-0.2, -0.15) is 5.10 Å². The first-order valence-electron chi connectivity index (χ1n) is 6.79. The first kappa shape index (κ1) is 19.0. The number of nitrogens with zero attached hydrogens (tertiary/aromatic N) is 3. The van der Waals surface area contributed by atoms with Crippen LogP contribution in [0.1, 0.15) is 34.9 Å². The van der Waals surface area contributed by atoms with E-state index in [4.69, 9.17) is 15.9 Å². The molecule has 0 saturated carbocycles. The fourth-order valence-corrected chi connectivity index (χ4v) is 2.74. The van der Waals surface area contributed by atoms with Crippen LogP contribution in [-0.4, -0.2) is 16.7 Å². The van der Waals surface area contributed by atoms with Crippen molar-refractivity contribution in [1.82, 2.24) is 4.98 Å². The van der Waals surface area contributed by atoms with Gasteiger partial charge in [0.25, 0.3) is 0 Å². The average Bonchev–Trinajstić information content (AvgIpc) is 2.98. The normalized spacial score (nSPS) is 17.6. The minimum absolute atomic E-state index is 0. The third-order valence-corrected chi connectivity index (χ3v) is 3.64. The molecule has 1 aliphatic rings. The molecule has 2 heterocycles. The number of fused-ring (bicyclic) bond motifs is 1. The van der Waals surface area contributed by atoms with Gasteiger partial charge in [0.1, 0.15) is 5.76 Å². The molecule has 3 rings (SSSR count). The van der Waals surface area contributed by atoms with Crippen LogP contribution in [0.2, 0.25) is 0 Å². The van der Waals surface area contributed by atoms with Gasteiger partial charge in [-0.25, -0.2) is 0 Å². The molecule has 23 heavy (non-hydrogen) atoms. The maximum Gasteiger partial charge on any atom is 0.211 e. The highest BCUT2D eigenvalue weighted by Gasteiger charge is 2.28. The lowest BCUT2D eigenvalue weighted by molar-refractivity contribution is 0.458. The Labute approximate surface area is 146 Å². The Bertz CT molecular complexity index is 709. The first-order chi connectivity index (χ1) is 10.1. The van der Waals surface area contributed by atoms with Gasteiger partial charge in [-0.1, -0.05) is 0 Å². The van der Waals surface area contributed by atoms with Crippen molar-refractivity contribution in [3.63, 3.8) is 0 Å². The van der Waals surface area contributed by atoms with Crippen molar-refractivity contribution in [3.8, 4) is 0 Å². The highest BCUT2D eigenvalue weighted by Crippen LogP contribution is 2.33. The summed E-state index contributed by atoms with van der Waals surface area (Å²) in [4.78, 5) is 4.48. The lowest BCUT2D eigenvalue weighted by Gasteiger charge is -2.24. The molecule has 1 atom stereocenters. The second-order valence-electron chi connectivity index (χ2n) is 5.14. The van der Waals surface area contributed by atoms with Crippen molar-refractivity contribution in [1.29, 1.82) is 0 Å². The Hall–Kier alpha value is -2.05. The maximum atomic E-state index is 5.52. The summed E-state index contributed by atoms with van der Waals surface area (Å²) in [6.07, 6.45) is 5.05. The number of hydrogen-bond donors (Lipinski definition) is 2. The highest BCUT2D eigenvalue weighted by molar-refractivity contribution is 6.04. The van der Waals surface area contributed by atoms with E-state index in [1.807, 2.05) is 31.3 Å². The molecule has 0 aliphatic heterocycles. The zero-order valence-corrected chi connectivity index (χ0v) is 14.2. The number of guanidine groups is 1. The molecule has 0 saturated heterocycles. The molecule has 2 aromatic rings. The summed E-state index contributed by atoms with van der Waals surface area (Å²) in [5.74, 6) is 1.09. The Kier molecular flexibility index (Phi) is 6.60. The van der Waals surface area contributed by atoms with Crippen LogP contribution >= 0.6 is 24.8 Å². The zero-order chi connectivity index (χ0) is 14.8. The fraction of sp³-hybridized carbons (Fsp3) is 0.267. The number of halogens is 2. The lowest BCUT2D eigenvalue weighted by Crippen LogP contribution is -2.24. The van der Waals surface area contributed by atoms with Crippen molar-refractivity contribution >= 4 is 36.5 Å². The van der Waals surface area contributed by atoms with Crippen LogP contribution in [0.5, 0.6) is 0 Å². The van der Waals surface area contributed by atoms with Gasteiger partial charge in [0.15, 0.2) is 0 Å². The predicted molar refractivity (Wildman–Crippen MR) is 95.6 cm³/mol. The Morgan fingerprint density at radius 3 is 2.70 bits per heavy atom. The van der Waals surface area contributed by atoms with E-state index >= 15 is 0 Å². The zero-order valence-electron chi connectivity index (χ0n) is 12.6. The van der Waals surface area contributed by atoms with Crippen molar-refractivity contribution in [2.45, 2.75) is 25.7 Å². The summed E-state index contributed by atoms with van der Waals surface area (Å²) in [7, 11) is 0. The van der Waals surface area contributed by atoms with E-state index < -0.39 is 0 Å². The highest BCUT2D eigenvalue weighted by atomic mass is 35.5. The minimum atomic E-state index is -0.0503. The van der Waals surface area contributed by atoms with Gasteiger partial charge < -0.3 is 15.9 Å². The molecule has 1 aliphatic carbocycles. The van der Waals surface area contributed by atoms with Crippen LogP contribution in [0.25, 0.3) is 0 Å². The molecule has 0 radical (unpaired) electrons. The maximum absolute atomic E-state index is 5.52. The van der Waals surface area contributed by atoms with Crippen LogP contribution < -0.4 is 11.5 Å². The van der Waals surface area contributed by atoms with Gasteiger partial charge in [0, 0.05) is 30.5 Å². The summed E-state index contributed by atoms with van der Waals surface area (Å²) in [6, 6.07) is 5.84. The number of rotatable bonds is 2. The summed E-state index contributed by atoms with van der Waals surface area (Å²) < 4.78 is 5.52. The van der Waals surface area contributed by atoms with Gasteiger partial charge in [-0.15, -0.1) is 29.9 Å². The van der Waals surface area contributed by atoms with Gasteiger partial charge in [-0.3, -0.25) is 4.98 Å². The Balaban J connectivity index is 0.00000132. The van der Waals surface area contributed by atoms with Gasteiger partial charge >= 0.3 is 0 Å². The standard InChI is InChI=1S/C15H17N5O.2ClH/c1-9-4-5-18-11-7-10(13-3-2-6-21-13)8-12(14(9)11)19-20-15(16)17;;/h2-6,10H,7-8H2,1H3,(H4,16,17,20);2*1H/b19-12+;;. The number of aromatic nitrogens is 1. The van der Waals surface area contributed by atoms with Crippen LogP contribution in [0, 0.1) is 6.92 Å². The molecule has 0 aromatic carbocycles. The Morgan fingerprint density at radius 1 is 1.26 bits per heavy atom. The molecule has 124 valence electrons. The number of pyridine rings is 1. The molecule has 0 spiro atoms. The lowest BCUT2D eigenvalue weighted by atomic mass is 9.82. The molecule has 4 N–H and O–H groups in total. The quantitative estimate of drug-likeness (QED) is 0.490. The third-order valence-electron chi connectivity index (χ3n) is 3.64. The van der Waals surface area contributed by atoms with Crippen LogP contribution in [0.3, 0.4) is 0 Å². The van der Waals surface area contributed by atoms with E-state index in [0.29, 0.717) is 0 Å². The van der Waals surface area contributed by atoms with E-state index in [9.17, 15) is 0 Å². The molecule has 0 amide bonds. The number of aryl methyl sites for hydroxylation is 1. The molecule has 6 nitrogen and oxygen atoms in total. The predicted octanol–water partition coefficient (Wildman–Crippen LogP) is 2.53. The summed E-state index contributed by atoms with van der Waals surface area (Å²) in [6.45, 7) is 2.04. The molecule has 8 heteroatoms. The van der Waals surface area contributed by atoms with Crippen molar-refractivity contribution in [3.05, 3.63) is 53.2 Å². The molecule has 1 unspecified atom stereocenters. The van der Waals surface area contributed by atoms with Gasteiger partial charge in [-0.05, 0) is 30.7 Å². The molecular weight excluding hydrogens is 337 g/mol. The van der Waals surface area contributed by atoms with Crippen molar-refractivity contribution < 1.29 is 4.42 Å².